The first-order valence-corrected chi connectivity index (χ1v) is 13.9. The maximum Gasteiger partial charge on any atom is 0.335 e. The summed E-state index contributed by atoms with van der Waals surface area (Å²) in [6.45, 7) is 8.36. The van der Waals surface area contributed by atoms with Gasteiger partial charge in [0.1, 0.15) is 12.1 Å². The molecule has 1 atom stereocenters. The van der Waals surface area contributed by atoms with Gasteiger partial charge in [0.05, 0.1) is 22.5 Å². The number of carboxylic acids is 1. The van der Waals surface area contributed by atoms with Crippen molar-refractivity contribution in [3.05, 3.63) is 87.7 Å². The van der Waals surface area contributed by atoms with Crippen LogP contribution in [0.3, 0.4) is 0 Å². The van der Waals surface area contributed by atoms with E-state index in [4.69, 9.17) is 11.6 Å². The third kappa shape index (κ3) is 7.14. The molecule has 40 heavy (non-hydrogen) atoms. The maximum absolute atomic E-state index is 14.7. The van der Waals surface area contributed by atoms with Gasteiger partial charge >= 0.3 is 5.97 Å². The number of nitrogens with one attached hydrogen (secondary N) is 1. The molecule has 1 amide bonds. The average Bonchev–Trinajstić information content (AvgIpc) is 2.93. The predicted molar refractivity (Wildman–Crippen MR) is 154 cm³/mol. The number of anilines is 1. The molecule has 3 aromatic rings. The summed E-state index contributed by atoms with van der Waals surface area (Å²) in [7, 11) is 0. The highest BCUT2D eigenvalue weighted by atomic mass is 35.5. The predicted octanol–water partition coefficient (Wildman–Crippen LogP) is 5.26. The van der Waals surface area contributed by atoms with E-state index in [1.165, 1.54) is 18.5 Å². The number of rotatable bonds is 10. The molecular weight excluding hydrogens is 533 g/mol. The topological polar surface area (TPSA) is 98.7 Å². The number of carbonyl (C=O) groups excluding carboxylic acids is 1. The van der Waals surface area contributed by atoms with Crippen LogP contribution in [0.4, 0.5) is 10.1 Å². The fraction of sp³-hybridized carbons (Fsp3) is 0.400. The second-order valence-electron chi connectivity index (χ2n) is 10.3. The SMILES string of the molecule is Cc1ncnc(C)c1C(=O)NCCC(C)N1CCC(N(Cc2cc(Cl)ccc2F)c2ccc(C(=O)O)cc2)CC1. The zero-order chi connectivity index (χ0) is 28.8. The number of likely N-dealkylation sites (tertiary alicyclic amines) is 1. The lowest BCUT2D eigenvalue weighted by Crippen LogP contribution is -2.48. The Labute approximate surface area is 239 Å². The molecule has 1 aliphatic rings. The fourth-order valence-corrected chi connectivity index (χ4v) is 5.49. The third-order valence-electron chi connectivity index (χ3n) is 7.66. The van der Waals surface area contributed by atoms with E-state index in [9.17, 15) is 19.1 Å². The van der Waals surface area contributed by atoms with Crippen molar-refractivity contribution in [2.45, 2.75) is 58.7 Å². The molecule has 1 saturated heterocycles. The van der Waals surface area contributed by atoms with Crippen LogP contribution >= 0.6 is 11.6 Å². The van der Waals surface area contributed by atoms with E-state index < -0.39 is 5.97 Å². The van der Waals surface area contributed by atoms with Crippen LogP contribution < -0.4 is 10.2 Å². The van der Waals surface area contributed by atoms with Gasteiger partial charge in [-0.15, -0.1) is 0 Å². The number of hydrogen-bond donors (Lipinski definition) is 2. The normalized spacial score (nSPS) is 15.0. The van der Waals surface area contributed by atoms with Crippen LogP contribution in [0, 0.1) is 19.7 Å². The quantitative estimate of drug-likeness (QED) is 0.344. The average molecular weight is 568 g/mol. The standard InChI is InChI=1S/C30H35ClFN5O3/c1-19(10-13-33-29(38)28-20(2)34-18-35-21(28)3)36-14-11-26(12-15-36)37(17-23-16-24(31)6-9-27(23)32)25-7-4-22(5-8-25)30(39)40/h4-9,16,18-19,26H,10-15,17H2,1-3H3,(H,33,38)(H,39,40). The summed E-state index contributed by atoms with van der Waals surface area (Å²) in [5, 5.41) is 12.8. The van der Waals surface area contributed by atoms with Gasteiger partial charge in [-0.2, -0.15) is 0 Å². The van der Waals surface area contributed by atoms with Gasteiger partial charge in [-0.3, -0.25) is 4.79 Å². The van der Waals surface area contributed by atoms with Gasteiger partial charge in [0.25, 0.3) is 5.91 Å². The summed E-state index contributed by atoms with van der Waals surface area (Å²) in [4.78, 5) is 36.9. The Morgan fingerprint density at radius 3 is 2.40 bits per heavy atom. The van der Waals surface area contributed by atoms with Crippen LogP contribution in [0.25, 0.3) is 0 Å². The number of aromatic nitrogens is 2. The highest BCUT2D eigenvalue weighted by Crippen LogP contribution is 2.29. The highest BCUT2D eigenvalue weighted by Gasteiger charge is 2.28. The van der Waals surface area contributed by atoms with E-state index in [1.54, 1.807) is 44.2 Å². The first kappa shape index (κ1) is 29.4. The van der Waals surface area contributed by atoms with Gasteiger partial charge in [-0.25, -0.2) is 19.2 Å². The molecule has 10 heteroatoms. The highest BCUT2D eigenvalue weighted by molar-refractivity contribution is 6.30. The molecule has 8 nitrogen and oxygen atoms in total. The molecule has 2 N–H and O–H groups in total. The number of carbonyl (C=O) groups is 2. The maximum atomic E-state index is 14.7. The molecule has 1 aromatic heterocycles. The second-order valence-corrected chi connectivity index (χ2v) is 10.7. The van der Waals surface area contributed by atoms with E-state index >= 15 is 0 Å². The van der Waals surface area contributed by atoms with E-state index in [0.29, 0.717) is 40.6 Å². The lowest BCUT2D eigenvalue weighted by atomic mass is 9.99. The minimum absolute atomic E-state index is 0.140. The molecule has 212 valence electrons. The van der Waals surface area contributed by atoms with Gasteiger partial charge < -0.3 is 20.2 Å². The number of halogens is 2. The Kier molecular flexibility index (Phi) is 9.71. The number of aryl methyl sites for hydroxylation is 2. The van der Waals surface area contributed by atoms with Gasteiger partial charge in [0.2, 0.25) is 0 Å². The van der Waals surface area contributed by atoms with E-state index in [2.05, 4.69) is 32.0 Å². The number of amides is 1. The molecule has 2 aromatic carbocycles. The molecule has 0 saturated carbocycles. The van der Waals surface area contributed by atoms with Crippen LogP contribution in [-0.4, -0.2) is 63.6 Å². The Balaban J connectivity index is 1.38. The minimum Gasteiger partial charge on any atom is -0.478 e. The van der Waals surface area contributed by atoms with E-state index in [0.717, 1.165) is 38.0 Å². The number of carboxylic acid groups (broad SMARTS) is 1. The van der Waals surface area contributed by atoms with Gasteiger partial charge in [0.15, 0.2) is 0 Å². The molecule has 0 spiro atoms. The van der Waals surface area contributed by atoms with E-state index in [-0.39, 0.29) is 29.4 Å². The smallest absolute Gasteiger partial charge is 0.335 e. The summed E-state index contributed by atoms with van der Waals surface area (Å²) in [6, 6.07) is 11.7. The van der Waals surface area contributed by atoms with Crippen molar-refractivity contribution in [3.63, 3.8) is 0 Å². The second kappa shape index (κ2) is 13.2. The van der Waals surface area contributed by atoms with Crippen LogP contribution in [0.15, 0.2) is 48.8 Å². The Bertz CT molecular complexity index is 1330. The molecule has 4 rings (SSSR count). The van der Waals surface area contributed by atoms with Gasteiger partial charge in [-0.1, -0.05) is 11.6 Å². The molecule has 1 unspecified atom stereocenters. The summed E-state index contributed by atoms with van der Waals surface area (Å²) in [5.41, 5.74) is 3.41. The zero-order valence-corrected chi connectivity index (χ0v) is 23.8. The third-order valence-corrected chi connectivity index (χ3v) is 7.89. The van der Waals surface area contributed by atoms with Crippen molar-refractivity contribution in [2.24, 2.45) is 0 Å². The Hall–Kier alpha value is -3.56. The first-order valence-electron chi connectivity index (χ1n) is 13.5. The fourth-order valence-electron chi connectivity index (χ4n) is 5.30. The molecule has 0 bridgehead atoms. The van der Waals surface area contributed by atoms with Gasteiger partial charge in [-0.05, 0) is 82.5 Å². The lowest BCUT2D eigenvalue weighted by molar-refractivity contribution is 0.0696. The molecule has 2 heterocycles. The molecule has 0 radical (unpaired) electrons. The van der Waals surface area contributed by atoms with Crippen LogP contribution in [-0.2, 0) is 6.54 Å². The zero-order valence-electron chi connectivity index (χ0n) is 23.0. The summed E-state index contributed by atoms with van der Waals surface area (Å²) >= 11 is 6.16. The Morgan fingerprint density at radius 1 is 1.12 bits per heavy atom. The Morgan fingerprint density at radius 2 is 1.77 bits per heavy atom. The van der Waals surface area contributed by atoms with Crippen molar-refractivity contribution in [1.29, 1.82) is 0 Å². The van der Waals surface area contributed by atoms with Crippen molar-refractivity contribution < 1.29 is 19.1 Å². The van der Waals surface area contributed by atoms with Crippen LogP contribution in [0.1, 0.15) is 63.9 Å². The van der Waals surface area contributed by atoms with E-state index in [1.807, 2.05) is 0 Å². The van der Waals surface area contributed by atoms with Crippen LogP contribution in [0.2, 0.25) is 5.02 Å². The number of piperidine rings is 1. The first-order chi connectivity index (χ1) is 19.1. The molecule has 0 aliphatic carbocycles. The number of aromatic carboxylic acids is 1. The van der Waals surface area contributed by atoms with Crippen molar-refractivity contribution in [1.82, 2.24) is 20.2 Å². The van der Waals surface area contributed by atoms with Crippen molar-refractivity contribution >= 4 is 29.2 Å². The molecular formula is C30H35ClFN5O3. The summed E-state index contributed by atoms with van der Waals surface area (Å²) < 4.78 is 14.7. The summed E-state index contributed by atoms with van der Waals surface area (Å²) in [6.07, 6.45) is 3.99. The monoisotopic (exact) mass is 567 g/mol. The van der Waals surface area contributed by atoms with Crippen LogP contribution in [0.5, 0.6) is 0 Å². The molecule has 1 aliphatic heterocycles. The number of benzene rings is 2. The van der Waals surface area contributed by atoms with Crippen molar-refractivity contribution in [2.75, 3.05) is 24.5 Å². The van der Waals surface area contributed by atoms with Gasteiger partial charge in [0, 0.05) is 54.5 Å². The number of nitrogens with zero attached hydrogens (tertiary/aromatic N) is 4. The number of hydrogen-bond acceptors (Lipinski definition) is 6. The minimum atomic E-state index is -0.986. The van der Waals surface area contributed by atoms with Crippen molar-refractivity contribution in [3.8, 4) is 0 Å². The largest absolute Gasteiger partial charge is 0.478 e. The summed E-state index contributed by atoms with van der Waals surface area (Å²) in [5.74, 6) is -1.46. The molecule has 1 fully saturated rings. The lowest BCUT2D eigenvalue weighted by Gasteiger charge is -2.42.